The van der Waals surface area contributed by atoms with Gasteiger partial charge in [0.05, 0.1) is 6.42 Å². The van der Waals surface area contributed by atoms with Crippen LogP contribution in [-0.4, -0.2) is 23.9 Å². The van der Waals surface area contributed by atoms with Crippen molar-refractivity contribution in [2.24, 2.45) is 5.92 Å². The highest BCUT2D eigenvalue weighted by Gasteiger charge is 2.24. The van der Waals surface area contributed by atoms with Gasteiger partial charge in [0.1, 0.15) is 0 Å². The molecule has 24 heavy (non-hydrogen) atoms. The Balaban J connectivity index is 1.54. The highest BCUT2D eigenvalue weighted by atomic mass is 35.5. The van der Waals surface area contributed by atoms with Gasteiger partial charge in [0.25, 0.3) is 0 Å². The molecule has 0 N–H and O–H groups in total. The molecule has 0 unspecified atom stereocenters. The number of rotatable bonds is 4. The molecule has 1 amide bonds. The molecule has 0 radical (unpaired) electrons. The van der Waals surface area contributed by atoms with E-state index in [1.54, 1.807) is 18.2 Å². The van der Waals surface area contributed by atoms with Crippen molar-refractivity contribution in [2.75, 3.05) is 13.1 Å². The molecule has 1 aliphatic heterocycles. The third kappa shape index (κ3) is 4.31. The monoisotopic (exact) mass is 361 g/mol. The van der Waals surface area contributed by atoms with Crippen LogP contribution in [0.25, 0.3) is 0 Å². The highest BCUT2D eigenvalue weighted by molar-refractivity contribution is 6.36. The summed E-state index contributed by atoms with van der Waals surface area (Å²) in [5.74, 6) is 0.767. The lowest BCUT2D eigenvalue weighted by Crippen LogP contribution is -2.39. The van der Waals surface area contributed by atoms with E-state index in [2.05, 4.69) is 24.3 Å². The van der Waals surface area contributed by atoms with Crippen molar-refractivity contribution in [3.05, 3.63) is 69.7 Å². The fourth-order valence-electron chi connectivity index (χ4n) is 3.30. The van der Waals surface area contributed by atoms with E-state index in [0.29, 0.717) is 16.0 Å². The summed E-state index contributed by atoms with van der Waals surface area (Å²) in [6, 6.07) is 15.9. The van der Waals surface area contributed by atoms with Gasteiger partial charge in [-0.3, -0.25) is 4.79 Å². The summed E-state index contributed by atoms with van der Waals surface area (Å²) >= 11 is 12.3. The summed E-state index contributed by atoms with van der Waals surface area (Å²) in [6.45, 7) is 1.64. The van der Waals surface area contributed by atoms with Crippen LogP contribution in [-0.2, 0) is 17.6 Å². The Kier molecular flexibility index (Phi) is 5.80. The topological polar surface area (TPSA) is 20.3 Å². The summed E-state index contributed by atoms with van der Waals surface area (Å²) in [5, 5.41) is 1.13. The molecule has 2 aromatic rings. The molecule has 4 heteroatoms. The van der Waals surface area contributed by atoms with Crippen molar-refractivity contribution in [1.29, 1.82) is 0 Å². The zero-order valence-corrected chi connectivity index (χ0v) is 15.1. The molecule has 0 aliphatic carbocycles. The molecule has 0 saturated carbocycles. The Bertz CT molecular complexity index is 674. The minimum absolute atomic E-state index is 0.114. The van der Waals surface area contributed by atoms with Crippen LogP contribution in [0.15, 0.2) is 48.5 Å². The molecular formula is C20H21Cl2NO. The number of amides is 1. The van der Waals surface area contributed by atoms with Crippen LogP contribution in [0.2, 0.25) is 10.0 Å². The molecule has 1 heterocycles. The predicted molar refractivity (Wildman–Crippen MR) is 99.6 cm³/mol. The summed E-state index contributed by atoms with van der Waals surface area (Å²) in [7, 11) is 0. The van der Waals surface area contributed by atoms with E-state index < -0.39 is 0 Å². The van der Waals surface area contributed by atoms with E-state index in [1.807, 2.05) is 11.0 Å². The van der Waals surface area contributed by atoms with Gasteiger partial charge >= 0.3 is 0 Å². The Morgan fingerprint density at radius 3 is 2.21 bits per heavy atom. The molecule has 2 nitrogen and oxygen atoms in total. The van der Waals surface area contributed by atoms with Gasteiger partial charge in [-0.1, -0.05) is 59.6 Å². The van der Waals surface area contributed by atoms with Gasteiger partial charge in [-0.25, -0.2) is 0 Å². The van der Waals surface area contributed by atoms with Crippen LogP contribution in [0.5, 0.6) is 0 Å². The fourth-order valence-corrected chi connectivity index (χ4v) is 3.83. The number of hydrogen-bond acceptors (Lipinski definition) is 1. The molecule has 1 saturated heterocycles. The first-order valence-corrected chi connectivity index (χ1v) is 9.13. The molecule has 1 aliphatic rings. The van der Waals surface area contributed by atoms with Gasteiger partial charge in [0.2, 0.25) is 5.91 Å². The number of hydrogen-bond donors (Lipinski definition) is 0. The van der Waals surface area contributed by atoms with Gasteiger partial charge in [0.15, 0.2) is 0 Å². The molecule has 0 aromatic heterocycles. The standard InChI is InChI=1S/C20H21Cl2NO/c21-18-7-4-8-19(22)17(18)14-20(24)23-11-9-16(10-12-23)13-15-5-2-1-3-6-15/h1-8,16H,9-14H2. The maximum atomic E-state index is 12.5. The summed E-state index contributed by atoms with van der Waals surface area (Å²) < 4.78 is 0. The first-order chi connectivity index (χ1) is 11.6. The lowest BCUT2D eigenvalue weighted by molar-refractivity contribution is -0.131. The van der Waals surface area contributed by atoms with Crippen LogP contribution in [0.1, 0.15) is 24.0 Å². The van der Waals surface area contributed by atoms with Gasteiger partial charge < -0.3 is 4.90 Å². The Hall–Kier alpha value is -1.51. The second kappa shape index (κ2) is 8.04. The second-order valence-electron chi connectivity index (χ2n) is 6.39. The SMILES string of the molecule is O=C(Cc1c(Cl)cccc1Cl)N1CCC(Cc2ccccc2)CC1. The van der Waals surface area contributed by atoms with Crippen molar-refractivity contribution >= 4 is 29.1 Å². The minimum atomic E-state index is 0.114. The normalized spacial score (nSPS) is 15.5. The lowest BCUT2D eigenvalue weighted by atomic mass is 9.90. The average molecular weight is 362 g/mol. The number of benzene rings is 2. The largest absolute Gasteiger partial charge is 0.342 e. The van der Waals surface area contributed by atoms with Gasteiger partial charge in [-0.15, -0.1) is 0 Å². The summed E-state index contributed by atoms with van der Waals surface area (Å²) in [6.07, 6.45) is 3.48. The Morgan fingerprint density at radius 1 is 0.958 bits per heavy atom. The number of likely N-dealkylation sites (tertiary alicyclic amines) is 1. The van der Waals surface area contributed by atoms with E-state index >= 15 is 0 Å². The first kappa shape index (κ1) is 17.3. The van der Waals surface area contributed by atoms with Crippen LogP contribution >= 0.6 is 23.2 Å². The van der Waals surface area contributed by atoms with E-state index in [1.165, 1.54) is 5.56 Å². The smallest absolute Gasteiger partial charge is 0.227 e. The minimum Gasteiger partial charge on any atom is -0.342 e. The van der Waals surface area contributed by atoms with E-state index in [0.717, 1.165) is 37.9 Å². The van der Waals surface area contributed by atoms with Crippen LogP contribution in [0, 0.1) is 5.92 Å². The molecule has 0 spiro atoms. The van der Waals surface area contributed by atoms with Crippen molar-refractivity contribution in [3.8, 4) is 0 Å². The van der Waals surface area contributed by atoms with E-state index in [9.17, 15) is 4.79 Å². The third-order valence-corrected chi connectivity index (χ3v) is 5.43. The molecule has 1 fully saturated rings. The maximum Gasteiger partial charge on any atom is 0.227 e. The van der Waals surface area contributed by atoms with Crippen molar-refractivity contribution < 1.29 is 4.79 Å². The van der Waals surface area contributed by atoms with Crippen molar-refractivity contribution in [1.82, 2.24) is 4.90 Å². The van der Waals surface area contributed by atoms with Crippen LogP contribution < -0.4 is 0 Å². The van der Waals surface area contributed by atoms with E-state index in [4.69, 9.17) is 23.2 Å². The van der Waals surface area contributed by atoms with Crippen molar-refractivity contribution in [3.63, 3.8) is 0 Å². The number of carbonyl (C=O) groups is 1. The van der Waals surface area contributed by atoms with Gasteiger partial charge in [0, 0.05) is 23.1 Å². The Labute approximate surface area is 153 Å². The second-order valence-corrected chi connectivity index (χ2v) is 7.21. The molecule has 126 valence electrons. The first-order valence-electron chi connectivity index (χ1n) is 8.38. The third-order valence-electron chi connectivity index (χ3n) is 4.72. The fraction of sp³-hybridized carbons (Fsp3) is 0.350. The molecule has 0 bridgehead atoms. The molecular weight excluding hydrogens is 341 g/mol. The molecule has 0 atom stereocenters. The summed E-state index contributed by atoms with van der Waals surface area (Å²) in [4.78, 5) is 14.5. The van der Waals surface area contributed by atoms with Gasteiger partial charge in [-0.05, 0) is 48.4 Å². The quantitative estimate of drug-likeness (QED) is 0.748. The zero-order valence-electron chi connectivity index (χ0n) is 13.6. The number of piperidine rings is 1. The van der Waals surface area contributed by atoms with Gasteiger partial charge in [-0.2, -0.15) is 0 Å². The lowest BCUT2D eigenvalue weighted by Gasteiger charge is -2.32. The highest BCUT2D eigenvalue weighted by Crippen LogP contribution is 2.27. The van der Waals surface area contributed by atoms with E-state index in [-0.39, 0.29) is 12.3 Å². The molecule has 3 rings (SSSR count). The van der Waals surface area contributed by atoms with Crippen LogP contribution in [0.4, 0.5) is 0 Å². The average Bonchev–Trinajstić information content (AvgIpc) is 2.60. The van der Waals surface area contributed by atoms with Crippen molar-refractivity contribution in [2.45, 2.75) is 25.7 Å². The maximum absolute atomic E-state index is 12.5. The number of nitrogens with zero attached hydrogens (tertiary/aromatic N) is 1. The zero-order chi connectivity index (χ0) is 16.9. The van der Waals surface area contributed by atoms with Crippen LogP contribution in [0.3, 0.4) is 0 Å². The molecule has 2 aromatic carbocycles. The Morgan fingerprint density at radius 2 is 1.58 bits per heavy atom. The summed E-state index contributed by atoms with van der Waals surface area (Å²) in [5.41, 5.74) is 2.11. The number of carbonyl (C=O) groups excluding carboxylic acids is 1. The predicted octanol–water partition coefficient (Wildman–Crippen LogP) is 5.02. The number of halogens is 2.